The molecule has 2 heterocycles. The fourth-order valence-corrected chi connectivity index (χ4v) is 5.44. The predicted molar refractivity (Wildman–Crippen MR) is 144 cm³/mol. The standard InChI is InChI=1S/C30H32ClNO4/c1-18-11-12-32(16-18)19(2)17-35-28-9-7-22(14-26(28)31)30-29(21-5-4-6-23(33)13-21)20(3)25-15-24(34)8-10-27(25)36-30/h4-10,13-15,18-19,30,33-34H,11-12,16-17H2,1-3H3. The van der Waals surface area contributed by atoms with Gasteiger partial charge in [-0.1, -0.05) is 36.7 Å². The zero-order valence-electron chi connectivity index (χ0n) is 20.9. The molecule has 5 nitrogen and oxygen atoms in total. The highest BCUT2D eigenvalue weighted by Crippen LogP contribution is 2.48. The van der Waals surface area contributed by atoms with Gasteiger partial charge in [0.15, 0.2) is 0 Å². The molecule has 2 aliphatic rings. The van der Waals surface area contributed by atoms with Gasteiger partial charge in [0.2, 0.25) is 0 Å². The van der Waals surface area contributed by atoms with Gasteiger partial charge in [-0.05, 0) is 91.9 Å². The van der Waals surface area contributed by atoms with Gasteiger partial charge >= 0.3 is 0 Å². The van der Waals surface area contributed by atoms with E-state index >= 15 is 0 Å². The van der Waals surface area contributed by atoms with Crippen molar-refractivity contribution in [3.8, 4) is 23.0 Å². The van der Waals surface area contributed by atoms with Crippen molar-refractivity contribution in [2.45, 2.75) is 39.3 Å². The molecule has 0 bridgehead atoms. The van der Waals surface area contributed by atoms with Gasteiger partial charge in [0.1, 0.15) is 35.7 Å². The fraction of sp³-hybridized carbons (Fsp3) is 0.333. The highest BCUT2D eigenvalue weighted by Gasteiger charge is 2.30. The van der Waals surface area contributed by atoms with Crippen LogP contribution in [0.15, 0.2) is 60.7 Å². The Morgan fingerprint density at radius 2 is 1.89 bits per heavy atom. The van der Waals surface area contributed by atoms with E-state index in [1.165, 1.54) is 6.42 Å². The molecule has 0 spiro atoms. The van der Waals surface area contributed by atoms with Crippen LogP contribution in [0.3, 0.4) is 0 Å². The van der Waals surface area contributed by atoms with Crippen molar-refractivity contribution in [2.24, 2.45) is 5.92 Å². The molecule has 1 fully saturated rings. The van der Waals surface area contributed by atoms with Crippen molar-refractivity contribution in [1.29, 1.82) is 0 Å². The topological polar surface area (TPSA) is 62.2 Å². The van der Waals surface area contributed by atoms with Crippen molar-refractivity contribution in [3.63, 3.8) is 0 Å². The van der Waals surface area contributed by atoms with Gasteiger partial charge in [-0.2, -0.15) is 0 Å². The maximum absolute atomic E-state index is 10.2. The van der Waals surface area contributed by atoms with Crippen LogP contribution in [0, 0.1) is 5.92 Å². The van der Waals surface area contributed by atoms with E-state index in [0.29, 0.717) is 29.2 Å². The predicted octanol–water partition coefficient (Wildman–Crippen LogP) is 6.92. The van der Waals surface area contributed by atoms with Crippen molar-refractivity contribution in [3.05, 3.63) is 82.4 Å². The van der Waals surface area contributed by atoms with Crippen LogP contribution in [0.2, 0.25) is 5.02 Å². The number of ether oxygens (including phenoxy) is 2. The quantitative estimate of drug-likeness (QED) is 0.380. The maximum atomic E-state index is 10.2. The third kappa shape index (κ3) is 4.91. The lowest BCUT2D eigenvalue weighted by atomic mass is 9.86. The molecular weight excluding hydrogens is 474 g/mol. The summed E-state index contributed by atoms with van der Waals surface area (Å²) in [4.78, 5) is 2.47. The largest absolute Gasteiger partial charge is 0.508 e. The Morgan fingerprint density at radius 1 is 1.08 bits per heavy atom. The molecule has 2 aliphatic heterocycles. The number of rotatable bonds is 6. The number of phenols is 2. The Balaban J connectivity index is 1.44. The minimum atomic E-state index is -0.444. The average Bonchev–Trinajstić information content (AvgIpc) is 3.29. The molecule has 6 heteroatoms. The monoisotopic (exact) mass is 505 g/mol. The van der Waals surface area contributed by atoms with Crippen LogP contribution in [0.4, 0.5) is 0 Å². The Hall–Kier alpha value is -3.15. The van der Waals surface area contributed by atoms with Crippen LogP contribution >= 0.6 is 11.6 Å². The Labute approximate surface area is 217 Å². The maximum Gasteiger partial charge on any atom is 0.150 e. The number of hydrogen-bond acceptors (Lipinski definition) is 5. The molecule has 3 aromatic carbocycles. The molecule has 0 aliphatic carbocycles. The second-order valence-corrected chi connectivity index (χ2v) is 10.4. The van der Waals surface area contributed by atoms with Gasteiger partial charge in [-0.25, -0.2) is 0 Å². The molecular formula is C30H32ClNO4. The van der Waals surface area contributed by atoms with E-state index in [9.17, 15) is 10.2 Å². The summed E-state index contributed by atoms with van der Waals surface area (Å²) >= 11 is 6.71. The van der Waals surface area contributed by atoms with Crippen molar-refractivity contribution >= 4 is 22.7 Å². The van der Waals surface area contributed by atoms with Crippen LogP contribution < -0.4 is 9.47 Å². The van der Waals surface area contributed by atoms with E-state index < -0.39 is 6.10 Å². The number of halogens is 1. The van der Waals surface area contributed by atoms with Crippen LogP contribution in [0.1, 0.15) is 50.0 Å². The second kappa shape index (κ2) is 10.1. The smallest absolute Gasteiger partial charge is 0.150 e. The third-order valence-electron chi connectivity index (χ3n) is 7.25. The van der Waals surface area contributed by atoms with Crippen molar-refractivity contribution in [2.75, 3.05) is 19.7 Å². The SMILES string of the molecule is CC1=C(c2cccc(O)c2)C(c2ccc(OCC(C)N3CCC(C)C3)c(Cl)c2)Oc2ccc(O)cc21. The average molecular weight is 506 g/mol. The summed E-state index contributed by atoms with van der Waals surface area (Å²) in [5.41, 5.74) is 4.42. The first-order valence-electron chi connectivity index (χ1n) is 12.5. The summed E-state index contributed by atoms with van der Waals surface area (Å²) < 4.78 is 12.6. The minimum absolute atomic E-state index is 0.174. The van der Waals surface area contributed by atoms with Crippen LogP contribution in [-0.4, -0.2) is 40.9 Å². The molecule has 0 saturated carbocycles. The van der Waals surface area contributed by atoms with Gasteiger partial charge in [0.05, 0.1) is 5.02 Å². The zero-order chi connectivity index (χ0) is 25.4. The van der Waals surface area contributed by atoms with Gasteiger partial charge in [-0.15, -0.1) is 0 Å². The molecule has 3 unspecified atom stereocenters. The van der Waals surface area contributed by atoms with E-state index in [0.717, 1.165) is 46.8 Å². The van der Waals surface area contributed by atoms with E-state index in [1.54, 1.807) is 30.3 Å². The third-order valence-corrected chi connectivity index (χ3v) is 7.55. The van der Waals surface area contributed by atoms with E-state index in [1.807, 2.05) is 37.3 Å². The molecule has 0 radical (unpaired) electrons. The molecule has 2 N–H and O–H groups in total. The first kappa shape index (κ1) is 24.5. The summed E-state index contributed by atoms with van der Waals surface area (Å²) in [6.45, 7) is 9.29. The fourth-order valence-electron chi connectivity index (χ4n) is 5.20. The second-order valence-electron chi connectivity index (χ2n) is 10.0. The number of nitrogens with zero attached hydrogens (tertiary/aromatic N) is 1. The molecule has 5 rings (SSSR count). The van der Waals surface area contributed by atoms with Gasteiger partial charge in [0.25, 0.3) is 0 Å². The number of likely N-dealkylation sites (tertiary alicyclic amines) is 1. The lowest BCUT2D eigenvalue weighted by Gasteiger charge is -2.31. The van der Waals surface area contributed by atoms with E-state index in [2.05, 4.69) is 18.7 Å². The number of aromatic hydroxyl groups is 2. The van der Waals surface area contributed by atoms with Gasteiger partial charge in [0, 0.05) is 23.7 Å². The lowest BCUT2D eigenvalue weighted by Crippen LogP contribution is -2.35. The van der Waals surface area contributed by atoms with Gasteiger partial charge < -0.3 is 19.7 Å². The minimum Gasteiger partial charge on any atom is -0.508 e. The molecule has 0 aromatic heterocycles. The number of phenolic OH excluding ortho intramolecular Hbond substituents is 2. The first-order valence-corrected chi connectivity index (χ1v) is 12.8. The Morgan fingerprint density at radius 3 is 2.61 bits per heavy atom. The van der Waals surface area contributed by atoms with Crippen LogP contribution in [0.5, 0.6) is 23.0 Å². The Bertz CT molecular complexity index is 1300. The number of benzene rings is 3. The first-order chi connectivity index (χ1) is 17.3. The molecule has 3 atom stereocenters. The summed E-state index contributed by atoms with van der Waals surface area (Å²) in [5.74, 6) is 2.42. The summed E-state index contributed by atoms with van der Waals surface area (Å²) in [5, 5.41) is 20.8. The lowest BCUT2D eigenvalue weighted by molar-refractivity contribution is 0.169. The van der Waals surface area contributed by atoms with Crippen LogP contribution in [-0.2, 0) is 0 Å². The van der Waals surface area contributed by atoms with Crippen molar-refractivity contribution < 1.29 is 19.7 Å². The highest BCUT2D eigenvalue weighted by molar-refractivity contribution is 6.32. The van der Waals surface area contributed by atoms with Crippen molar-refractivity contribution in [1.82, 2.24) is 4.90 Å². The summed E-state index contributed by atoms with van der Waals surface area (Å²) in [6.07, 6.45) is 0.790. The number of fused-ring (bicyclic) bond motifs is 1. The highest BCUT2D eigenvalue weighted by atomic mass is 35.5. The van der Waals surface area contributed by atoms with E-state index in [4.69, 9.17) is 21.1 Å². The zero-order valence-corrected chi connectivity index (χ0v) is 21.6. The molecule has 1 saturated heterocycles. The molecule has 188 valence electrons. The number of allylic oxidation sites excluding steroid dienone is 1. The summed E-state index contributed by atoms with van der Waals surface area (Å²) in [6, 6.07) is 18.3. The van der Waals surface area contributed by atoms with Gasteiger partial charge in [-0.3, -0.25) is 4.90 Å². The Kier molecular flexibility index (Phi) is 6.87. The summed E-state index contributed by atoms with van der Waals surface area (Å²) in [7, 11) is 0. The molecule has 36 heavy (non-hydrogen) atoms. The normalized spacial score (nSPS) is 20.7. The molecule has 3 aromatic rings. The number of hydrogen-bond donors (Lipinski definition) is 2. The van der Waals surface area contributed by atoms with E-state index in [-0.39, 0.29) is 11.5 Å². The van der Waals surface area contributed by atoms with Crippen LogP contribution in [0.25, 0.3) is 11.1 Å². The molecule has 0 amide bonds.